The number of aromatic hydroxyl groups is 1. The summed E-state index contributed by atoms with van der Waals surface area (Å²) in [6.07, 6.45) is 5.21. The van der Waals surface area contributed by atoms with Crippen LogP contribution in [0.2, 0.25) is 0 Å². The van der Waals surface area contributed by atoms with E-state index in [1.165, 1.54) is 48.2 Å². The third-order valence-corrected chi connectivity index (χ3v) is 8.82. The van der Waals surface area contributed by atoms with Crippen molar-refractivity contribution in [2.45, 2.75) is 32.6 Å². The van der Waals surface area contributed by atoms with Crippen LogP contribution in [0.1, 0.15) is 32.6 Å². The molecule has 0 aliphatic heterocycles. The molecule has 0 radical (unpaired) electrons. The summed E-state index contributed by atoms with van der Waals surface area (Å²) in [6, 6.07) is 29.0. The Kier molecular flexibility index (Phi) is 6.16. The first-order valence-corrected chi connectivity index (χ1v) is 14.5. The van der Waals surface area contributed by atoms with E-state index in [0.29, 0.717) is 5.92 Å². The van der Waals surface area contributed by atoms with Gasteiger partial charge in [0.15, 0.2) is 0 Å². The molecule has 7 rings (SSSR count). The van der Waals surface area contributed by atoms with Gasteiger partial charge in [-0.3, -0.25) is 0 Å². The molecule has 1 heterocycles. The highest BCUT2D eigenvalue weighted by atomic mass is 32.1. The molecule has 39 heavy (non-hydrogen) atoms. The molecule has 4 nitrogen and oxygen atoms in total. The molecule has 0 spiro atoms. The molecule has 5 heteroatoms. The van der Waals surface area contributed by atoms with Gasteiger partial charge < -0.3 is 9.84 Å². The van der Waals surface area contributed by atoms with Crippen molar-refractivity contribution in [1.82, 2.24) is 8.75 Å². The van der Waals surface area contributed by atoms with Gasteiger partial charge in [-0.25, -0.2) is 0 Å². The van der Waals surface area contributed by atoms with E-state index < -0.39 is 0 Å². The van der Waals surface area contributed by atoms with Gasteiger partial charge in [0, 0.05) is 11.1 Å². The molecule has 1 N–H and O–H groups in total. The van der Waals surface area contributed by atoms with Crippen molar-refractivity contribution >= 4 is 44.3 Å². The quantitative estimate of drug-likeness (QED) is 0.241. The van der Waals surface area contributed by atoms with Crippen molar-refractivity contribution in [2.75, 3.05) is 6.61 Å². The van der Waals surface area contributed by atoms with E-state index >= 15 is 0 Å². The van der Waals surface area contributed by atoms with Crippen LogP contribution < -0.4 is 4.74 Å². The van der Waals surface area contributed by atoms with Crippen LogP contribution in [0.25, 0.3) is 54.8 Å². The number of hydrogen-bond donors (Lipinski definition) is 1. The molecule has 0 bridgehead atoms. The molecule has 0 amide bonds. The van der Waals surface area contributed by atoms with Crippen LogP contribution in [0.3, 0.4) is 0 Å². The first-order valence-electron chi connectivity index (χ1n) is 13.8. The van der Waals surface area contributed by atoms with E-state index in [9.17, 15) is 5.11 Å². The number of rotatable bonds is 5. The van der Waals surface area contributed by atoms with Crippen LogP contribution in [-0.4, -0.2) is 20.5 Å². The lowest BCUT2D eigenvalue weighted by Crippen LogP contribution is -2.18. The van der Waals surface area contributed by atoms with E-state index in [1.54, 1.807) is 12.1 Å². The summed E-state index contributed by atoms with van der Waals surface area (Å²) in [4.78, 5) is 0. The Morgan fingerprint density at radius 2 is 1.26 bits per heavy atom. The summed E-state index contributed by atoms with van der Waals surface area (Å²) in [5, 5.41) is 14.3. The molecule has 0 saturated heterocycles. The third kappa shape index (κ3) is 4.72. The summed E-state index contributed by atoms with van der Waals surface area (Å²) >= 11 is 1.25. The van der Waals surface area contributed by atoms with E-state index in [-0.39, 0.29) is 5.75 Å². The highest BCUT2D eigenvalue weighted by Crippen LogP contribution is 2.37. The van der Waals surface area contributed by atoms with Crippen LogP contribution in [0.5, 0.6) is 11.5 Å². The van der Waals surface area contributed by atoms with Crippen molar-refractivity contribution in [1.29, 1.82) is 0 Å². The molecular formula is C34H30N2O2S. The maximum Gasteiger partial charge on any atom is 0.119 e. The summed E-state index contributed by atoms with van der Waals surface area (Å²) in [5.74, 6) is 2.77. The van der Waals surface area contributed by atoms with Gasteiger partial charge in [0.25, 0.3) is 0 Å². The Hall–Kier alpha value is -3.96. The van der Waals surface area contributed by atoms with E-state index in [2.05, 4.69) is 72.0 Å². The minimum atomic E-state index is 0.277. The maximum atomic E-state index is 9.81. The van der Waals surface area contributed by atoms with Crippen molar-refractivity contribution in [3.8, 4) is 33.8 Å². The molecule has 1 aliphatic rings. The maximum absolute atomic E-state index is 9.81. The first kappa shape index (κ1) is 24.1. The zero-order valence-electron chi connectivity index (χ0n) is 21.9. The number of hydrogen-bond acceptors (Lipinski definition) is 5. The van der Waals surface area contributed by atoms with E-state index in [0.717, 1.165) is 62.3 Å². The fourth-order valence-corrected chi connectivity index (χ4v) is 6.50. The standard InChI is InChI=1S/C34H30N2O2S/c1-21-2-4-22(5-3-21)20-38-30-13-11-24-17-28(9-7-26(24)19-30)32-15-14-31(33-34(32)36-39-35-33)27-8-6-25-18-29(37)12-10-23(25)16-27/h6-19,21-22,37H,2-5,20H2,1H3. The number of benzene rings is 5. The summed E-state index contributed by atoms with van der Waals surface area (Å²) in [5.41, 5.74) is 6.20. The van der Waals surface area contributed by atoms with Gasteiger partial charge in [-0.05, 0) is 93.7 Å². The second kappa shape index (κ2) is 9.97. The lowest BCUT2D eigenvalue weighted by Gasteiger charge is -2.26. The van der Waals surface area contributed by atoms with E-state index in [4.69, 9.17) is 9.11 Å². The molecule has 5 aromatic carbocycles. The predicted octanol–water partition coefficient (Wildman–Crippen LogP) is 9.24. The van der Waals surface area contributed by atoms with Gasteiger partial charge in [-0.15, -0.1) is 0 Å². The van der Waals surface area contributed by atoms with Crippen molar-refractivity contribution < 1.29 is 9.84 Å². The average molecular weight is 531 g/mol. The van der Waals surface area contributed by atoms with Gasteiger partial charge in [0.1, 0.15) is 22.5 Å². The summed E-state index contributed by atoms with van der Waals surface area (Å²) < 4.78 is 15.6. The normalized spacial score (nSPS) is 17.7. The van der Waals surface area contributed by atoms with Crippen molar-refractivity contribution in [2.24, 2.45) is 11.8 Å². The van der Waals surface area contributed by atoms with Gasteiger partial charge in [0.05, 0.1) is 18.3 Å². The molecular weight excluding hydrogens is 500 g/mol. The minimum Gasteiger partial charge on any atom is -0.508 e. The van der Waals surface area contributed by atoms with Gasteiger partial charge in [0.2, 0.25) is 0 Å². The fraction of sp³-hybridized carbons (Fsp3) is 0.235. The number of nitrogens with zero attached hydrogens (tertiary/aromatic N) is 2. The number of fused-ring (bicyclic) bond motifs is 3. The molecule has 0 atom stereocenters. The Labute approximate surface area is 232 Å². The first-order chi connectivity index (χ1) is 19.1. The van der Waals surface area contributed by atoms with Crippen molar-refractivity contribution in [3.63, 3.8) is 0 Å². The zero-order chi connectivity index (χ0) is 26.3. The third-order valence-electron chi connectivity index (χ3n) is 8.29. The monoisotopic (exact) mass is 530 g/mol. The molecule has 6 aromatic rings. The highest BCUT2D eigenvalue weighted by molar-refractivity contribution is 7.00. The van der Waals surface area contributed by atoms with Crippen LogP contribution in [-0.2, 0) is 0 Å². The second-order valence-electron chi connectivity index (χ2n) is 11.0. The number of aromatic nitrogens is 2. The fourth-order valence-electron chi connectivity index (χ4n) is 5.92. The van der Waals surface area contributed by atoms with Crippen LogP contribution >= 0.6 is 11.7 Å². The molecule has 0 unspecified atom stereocenters. The molecule has 1 fully saturated rings. The Bertz CT molecular complexity index is 1820. The SMILES string of the molecule is CC1CCC(COc2ccc3cc(-c4ccc(-c5ccc6cc(O)ccc6c5)c5nsnc45)ccc3c2)CC1. The van der Waals surface area contributed by atoms with Gasteiger partial charge >= 0.3 is 0 Å². The Morgan fingerprint density at radius 1 is 0.692 bits per heavy atom. The molecule has 1 aliphatic carbocycles. The molecule has 1 aromatic heterocycles. The molecule has 1 saturated carbocycles. The minimum absolute atomic E-state index is 0.277. The topological polar surface area (TPSA) is 55.2 Å². The van der Waals surface area contributed by atoms with Crippen LogP contribution in [0.15, 0.2) is 84.9 Å². The zero-order valence-corrected chi connectivity index (χ0v) is 22.7. The largest absolute Gasteiger partial charge is 0.508 e. The second-order valence-corrected chi connectivity index (χ2v) is 11.6. The predicted molar refractivity (Wildman–Crippen MR) is 162 cm³/mol. The lowest BCUT2D eigenvalue weighted by atomic mass is 9.83. The van der Waals surface area contributed by atoms with Gasteiger partial charge in [-0.1, -0.05) is 68.3 Å². The summed E-state index contributed by atoms with van der Waals surface area (Å²) in [6.45, 7) is 3.18. The Morgan fingerprint density at radius 3 is 1.92 bits per heavy atom. The average Bonchev–Trinajstić information content (AvgIpc) is 3.46. The molecule has 194 valence electrons. The van der Waals surface area contributed by atoms with Gasteiger partial charge in [-0.2, -0.15) is 8.75 Å². The van der Waals surface area contributed by atoms with Crippen molar-refractivity contribution in [3.05, 3.63) is 84.9 Å². The highest BCUT2D eigenvalue weighted by Gasteiger charge is 2.19. The Balaban J connectivity index is 1.17. The van der Waals surface area contributed by atoms with Crippen LogP contribution in [0.4, 0.5) is 0 Å². The lowest BCUT2D eigenvalue weighted by molar-refractivity contribution is 0.188. The number of phenolic OH excluding ortho intramolecular Hbond substituents is 1. The number of phenols is 1. The number of ether oxygens (including phenoxy) is 1. The smallest absolute Gasteiger partial charge is 0.119 e. The van der Waals surface area contributed by atoms with E-state index in [1.807, 2.05) is 12.1 Å². The summed E-state index contributed by atoms with van der Waals surface area (Å²) in [7, 11) is 0. The van der Waals surface area contributed by atoms with Crippen LogP contribution in [0, 0.1) is 11.8 Å².